The van der Waals surface area contributed by atoms with Gasteiger partial charge in [-0.05, 0) is 25.5 Å². The summed E-state index contributed by atoms with van der Waals surface area (Å²) >= 11 is 11.8. The number of hydrogen-bond donors (Lipinski definition) is 0. The summed E-state index contributed by atoms with van der Waals surface area (Å²) in [6.45, 7) is 4.47. The first-order valence-electron chi connectivity index (χ1n) is 4.83. The molecule has 0 saturated heterocycles. The number of nitrogens with zero attached hydrogens (tertiary/aromatic N) is 1. The lowest BCUT2D eigenvalue weighted by Crippen LogP contribution is -2.00. The van der Waals surface area contributed by atoms with Crippen LogP contribution >= 0.6 is 23.2 Å². The first kappa shape index (κ1) is 12.3. The van der Waals surface area contributed by atoms with Crippen molar-refractivity contribution in [2.75, 3.05) is 6.61 Å². The Labute approximate surface area is 99.8 Å². The molecule has 0 atom stereocenters. The van der Waals surface area contributed by atoms with Crippen molar-refractivity contribution in [2.24, 2.45) is 5.16 Å². The summed E-state index contributed by atoms with van der Waals surface area (Å²) in [6.07, 6.45) is 0.790. The number of oxime groups is 1. The second-order valence-corrected chi connectivity index (χ2v) is 3.75. The van der Waals surface area contributed by atoms with Crippen molar-refractivity contribution in [1.82, 2.24) is 0 Å². The van der Waals surface area contributed by atoms with Gasteiger partial charge in [-0.2, -0.15) is 0 Å². The van der Waals surface area contributed by atoms with Crippen molar-refractivity contribution in [2.45, 2.75) is 20.3 Å². The van der Waals surface area contributed by atoms with Crippen LogP contribution in [0.5, 0.6) is 0 Å². The monoisotopic (exact) mass is 245 g/mol. The predicted molar refractivity (Wildman–Crippen MR) is 64.9 cm³/mol. The maximum Gasteiger partial charge on any atom is 0.114 e. The highest BCUT2D eigenvalue weighted by atomic mass is 35.5. The van der Waals surface area contributed by atoms with Gasteiger partial charge in [0.2, 0.25) is 0 Å². The summed E-state index contributed by atoms with van der Waals surface area (Å²) in [7, 11) is 0. The molecule has 0 aliphatic carbocycles. The van der Waals surface area contributed by atoms with E-state index in [9.17, 15) is 0 Å². The largest absolute Gasteiger partial charge is 0.396 e. The molecule has 0 radical (unpaired) electrons. The zero-order valence-corrected chi connectivity index (χ0v) is 10.3. The molecular formula is C11H13Cl2NO. The highest BCUT2D eigenvalue weighted by Gasteiger charge is 2.05. The van der Waals surface area contributed by atoms with Crippen molar-refractivity contribution < 1.29 is 4.84 Å². The summed E-state index contributed by atoms with van der Waals surface area (Å²) in [5.41, 5.74) is 1.82. The van der Waals surface area contributed by atoms with Crippen LogP contribution < -0.4 is 0 Å². The molecule has 82 valence electrons. The van der Waals surface area contributed by atoms with Gasteiger partial charge in [-0.1, -0.05) is 41.3 Å². The Hall–Kier alpha value is -0.730. The Morgan fingerprint density at radius 3 is 2.53 bits per heavy atom. The molecule has 1 aromatic rings. The lowest BCUT2D eigenvalue weighted by atomic mass is 10.1. The molecule has 0 bridgehead atoms. The van der Waals surface area contributed by atoms with E-state index >= 15 is 0 Å². The molecule has 0 amide bonds. The molecule has 0 spiro atoms. The van der Waals surface area contributed by atoms with Crippen molar-refractivity contribution in [3.05, 3.63) is 33.8 Å². The summed E-state index contributed by atoms with van der Waals surface area (Å²) in [5, 5.41) is 5.10. The van der Waals surface area contributed by atoms with Crippen LogP contribution in [-0.4, -0.2) is 12.3 Å². The Balaban J connectivity index is 2.97. The van der Waals surface area contributed by atoms with E-state index < -0.39 is 0 Å². The van der Waals surface area contributed by atoms with Crippen LogP contribution in [0.3, 0.4) is 0 Å². The molecule has 0 aliphatic rings. The van der Waals surface area contributed by atoms with Crippen LogP contribution in [0.2, 0.25) is 10.0 Å². The van der Waals surface area contributed by atoms with Gasteiger partial charge in [0.05, 0.1) is 15.8 Å². The normalized spacial score (nSPS) is 11.6. The lowest BCUT2D eigenvalue weighted by Gasteiger charge is -2.05. The fraction of sp³-hybridized carbons (Fsp3) is 0.364. The minimum atomic E-state index is 0.534. The van der Waals surface area contributed by atoms with Gasteiger partial charge < -0.3 is 4.84 Å². The third-order valence-corrected chi connectivity index (χ3v) is 2.63. The van der Waals surface area contributed by atoms with Gasteiger partial charge in [0, 0.05) is 5.56 Å². The van der Waals surface area contributed by atoms with Gasteiger partial charge >= 0.3 is 0 Å². The Morgan fingerprint density at radius 1 is 1.27 bits per heavy atom. The molecule has 0 aliphatic heterocycles. The molecule has 0 heterocycles. The maximum atomic E-state index is 5.92. The van der Waals surface area contributed by atoms with Crippen LogP contribution in [0.15, 0.2) is 23.4 Å². The van der Waals surface area contributed by atoms with Crippen LogP contribution in [-0.2, 0) is 4.84 Å². The Morgan fingerprint density at radius 2 is 2.00 bits per heavy atom. The molecule has 2 nitrogen and oxygen atoms in total. The van der Waals surface area contributed by atoms with Crippen LogP contribution in [0, 0.1) is 0 Å². The average Bonchev–Trinajstić information content (AvgIpc) is 2.24. The predicted octanol–water partition coefficient (Wildman–Crippen LogP) is 4.14. The van der Waals surface area contributed by atoms with E-state index in [2.05, 4.69) is 5.16 Å². The van der Waals surface area contributed by atoms with Crippen LogP contribution in [0.25, 0.3) is 0 Å². The second-order valence-electron chi connectivity index (χ2n) is 2.94. The van der Waals surface area contributed by atoms with Crippen molar-refractivity contribution in [1.29, 1.82) is 0 Å². The van der Waals surface area contributed by atoms with Crippen molar-refractivity contribution >= 4 is 28.9 Å². The highest BCUT2D eigenvalue weighted by molar-refractivity contribution is 6.42. The fourth-order valence-corrected chi connectivity index (χ4v) is 1.44. The second kappa shape index (κ2) is 5.99. The summed E-state index contributed by atoms with van der Waals surface area (Å²) in [5.74, 6) is 0. The standard InChI is InChI=1S/C11H13Cl2NO/c1-3-11(14-15-4-2)8-5-6-9(12)10(13)7-8/h5-7H,3-4H2,1-2H3. The lowest BCUT2D eigenvalue weighted by molar-refractivity contribution is 0.158. The number of halogens is 2. The van der Waals surface area contributed by atoms with Crippen molar-refractivity contribution in [3.8, 4) is 0 Å². The third-order valence-electron chi connectivity index (χ3n) is 1.89. The van der Waals surface area contributed by atoms with E-state index in [1.165, 1.54) is 0 Å². The Kier molecular flexibility index (Phi) is 4.92. The van der Waals surface area contributed by atoms with Gasteiger partial charge in [0.1, 0.15) is 6.61 Å². The molecule has 1 rings (SSSR count). The van der Waals surface area contributed by atoms with E-state index in [4.69, 9.17) is 28.0 Å². The summed E-state index contributed by atoms with van der Waals surface area (Å²) < 4.78 is 0. The first-order valence-corrected chi connectivity index (χ1v) is 5.58. The molecule has 0 fully saturated rings. The molecular weight excluding hydrogens is 233 g/mol. The molecule has 1 aromatic carbocycles. The summed E-state index contributed by atoms with van der Waals surface area (Å²) in [6, 6.07) is 5.44. The van der Waals surface area contributed by atoms with E-state index in [-0.39, 0.29) is 0 Å². The van der Waals surface area contributed by atoms with E-state index in [0.717, 1.165) is 17.7 Å². The quantitative estimate of drug-likeness (QED) is 0.577. The van der Waals surface area contributed by atoms with Gasteiger partial charge in [-0.3, -0.25) is 0 Å². The number of benzene rings is 1. The smallest absolute Gasteiger partial charge is 0.114 e. The van der Waals surface area contributed by atoms with E-state index in [0.29, 0.717) is 16.7 Å². The third kappa shape index (κ3) is 3.40. The minimum Gasteiger partial charge on any atom is -0.396 e. The maximum absolute atomic E-state index is 5.92. The minimum absolute atomic E-state index is 0.534. The number of hydrogen-bond acceptors (Lipinski definition) is 2. The van der Waals surface area contributed by atoms with Crippen LogP contribution in [0.4, 0.5) is 0 Å². The van der Waals surface area contributed by atoms with Crippen LogP contribution in [0.1, 0.15) is 25.8 Å². The van der Waals surface area contributed by atoms with Gasteiger partial charge in [-0.15, -0.1) is 0 Å². The SMILES string of the molecule is CCON=C(CC)c1ccc(Cl)c(Cl)c1. The zero-order valence-electron chi connectivity index (χ0n) is 8.76. The molecule has 0 aromatic heterocycles. The molecule has 4 heteroatoms. The molecule has 15 heavy (non-hydrogen) atoms. The van der Waals surface area contributed by atoms with Gasteiger partial charge in [-0.25, -0.2) is 0 Å². The highest BCUT2D eigenvalue weighted by Crippen LogP contribution is 2.23. The molecule has 0 saturated carbocycles. The average molecular weight is 246 g/mol. The van der Waals surface area contributed by atoms with E-state index in [1.807, 2.05) is 19.9 Å². The van der Waals surface area contributed by atoms with Crippen molar-refractivity contribution in [3.63, 3.8) is 0 Å². The van der Waals surface area contributed by atoms with E-state index in [1.54, 1.807) is 12.1 Å². The van der Waals surface area contributed by atoms with Gasteiger partial charge in [0.15, 0.2) is 0 Å². The fourth-order valence-electron chi connectivity index (χ4n) is 1.14. The topological polar surface area (TPSA) is 21.6 Å². The Bertz CT molecular complexity index is 364. The first-order chi connectivity index (χ1) is 7.19. The molecule has 0 N–H and O–H groups in total. The molecule has 0 unspecified atom stereocenters. The van der Waals surface area contributed by atoms with Gasteiger partial charge in [0.25, 0.3) is 0 Å². The number of rotatable bonds is 4. The zero-order chi connectivity index (χ0) is 11.3. The summed E-state index contributed by atoms with van der Waals surface area (Å²) in [4.78, 5) is 5.02.